The molecule has 1 aliphatic carbocycles. The van der Waals surface area contributed by atoms with E-state index in [1.807, 2.05) is 0 Å². The third-order valence-electron chi connectivity index (χ3n) is 2.87. The molecule has 0 bridgehead atoms. The lowest BCUT2D eigenvalue weighted by Gasteiger charge is -2.26. The quantitative estimate of drug-likeness (QED) is 0.821. The lowest BCUT2D eigenvalue weighted by atomic mass is 9.99. The Hall–Kier alpha value is -1.32. The molecule has 1 aromatic heterocycles. The zero-order valence-electron chi connectivity index (χ0n) is 9.45. The van der Waals surface area contributed by atoms with Crippen LogP contribution in [0.4, 0.5) is 5.95 Å². The fourth-order valence-electron chi connectivity index (χ4n) is 1.71. The minimum Gasteiger partial charge on any atom is -0.481 e. The number of methoxy groups -OCH3 is 1. The molecule has 0 aliphatic heterocycles. The molecule has 1 fully saturated rings. The summed E-state index contributed by atoms with van der Waals surface area (Å²) in [6, 6.07) is 1.75. The van der Waals surface area contributed by atoms with Gasteiger partial charge in [0.1, 0.15) is 0 Å². The molecule has 1 aromatic rings. The van der Waals surface area contributed by atoms with Crippen LogP contribution in [0.5, 0.6) is 5.88 Å². The van der Waals surface area contributed by atoms with Gasteiger partial charge in [0, 0.05) is 17.8 Å². The smallest absolute Gasteiger partial charge is 0.226 e. The molecule has 0 spiro atoms. The Morgan fingerprint density at radius 2 is 2.20 bits per heavy atom. The van der Waals surface area contributed by atoms with Crippen molar-refractivity contribution in [3.05, 3.63) is 12.3 Å². The van der Waals surface area contributed by atoms with Crippen LogP contribution in [0.1, 0.15) is 26.7 Å². The highest BCUT2D eigenvalue weighted by Gasteiger charge is 2.38. The van der Waals surface area contributed by atoms with Gasteiger partial charge in [-0.3, -0.25) is 0 Å². The van der Waals surface area contributed by atoms with Crippen LogP contribution in [-0.4, -0.2) is 22.6 Å². The Balaban J connectivity index is 2.09. The minimum absolute atomic E-state index is 0.0758. The summed E-state index contributed by atoms with van der Waals surface area (Å²) >= 11 is 0. The van der Waals surface area contributed by atoms with Gasteiger partial charge in [-0.1, -0.05) is 0 Å². The summed E-state index contributed by atoms with van der Waals surface area (Å²) < 4.78 is 5.05. The Morgan fingerprint density at radius 1 is 1.47 bits per heavy atom. The number of hydrogen-bond acceptors (Lipinski definition) is 4. The maximum atomic E-state index is 5.05. The summed E-state index contributed by atoms with van der Waals surface area (Å²) in [7, 11) is 1.61. The van der Waals surface area contributed by atoms with Gasteiger partial charge >= 0.3 is 0 Å². The molecule has 0 radical (unpaired) electrons. The van der Waals surface area contributed by atoms with Crippen molar-refractivity contribution in [2.24, 2.45) is 5.92 Å². The van der Waals surface area contributed by atoms with E-state index >= 15 is 0 Å². The molecule has 0 atom stereocenters. The zero-order valence-corrected chi connectivity index (χ0v) is 9.45. The Bertz CT molecular complexity index is 347. The fourth-order valence-corrected chi connectivity index (χ4v) is 1.71. The molecule has 0 aromatic carbocycles. The predicted molar refractivity (Wildman–Crippen MR) is 59.0 cm³/mol. The molecule has 1 saturated carbocycles. The standard InChI is InChI=1S/C11H17N3O/c1-11(2,8-4-5-8)14-10-12-7-6-9(13-10)15-3/h6-8H,4-5H2,1-3H3,(H,12,13,14). The van der Waals surface area contributed by atoms with Crippen molar-refractivity contribution in [1.29, 1.82) is 0 Å². The van der Waals surface area contributed by atoms with Crippen LogP contribution in [-0.2, 0) is 0 Å². The molecule has 1 heterocycles. The van der Waals surface area contributed by atoms with Crippen LogP contribution in [0, 0.1) is 5.92 Å². The van der Waals surface area contributed by atoms with Gasteiger partial charge in [-0.05, 0) is 32.6 Å². The SMILES string of the molecule is COc1ccnc(NC(C)(C)C2CC2)n1. The highest BCUT2D eigenvalue weighted by Crippen LogP contribution is 2.40. The Morgan fingerprint density at radius 3 is 2.80 bits per heavy atom. The fraction of sp³-hybridized carbons (Fsp3) is 0.636. The van der Waals surface area contributed by atoms with Gasteiger partial charge in [0.15, 0.2) is 0 Å². The van der Waals surface area contributed by atoms with Crippen LogP contribution in [0.2, 0.25) is 0 Å². The summed E-state index contributed by atoms with van der Waals surface area (Å²) in [6.45, 7) is 4.38. The summed E-state index contributed by atoms with van der Waals surface area (Å²) in [5.41, 5.74) is 0.0758. The summed E-state index contributed by atoms with van der Waals surface area (Å²) in [6.07, 6.45) is 4.30. The molecule has 2 rings (SSSR count). The maximum Gasteiger partial charge on any atom is 0.226 e. The lowest BCUT2D eigenvalue weighted by molar-refractivity contribution is 0.396. The number of aromatic nitrogens is 2. The van der Waals surface area contributed by atoms with Crippen molar-refractivity contribution >= 4 is 5.95 Å². The molecular weight excluding hydrogens is 190 g/mol. The second kappa shape index (κ2) is 3.68. The number of anilines is 1. The van der Waals surface area contributed by atoms with E-state index in [4.69, 9.17) is 4.74 Å². The number of nitrogens with one attached hydrogen (secondary N) is 1. The van der Waals surface area contributed by atoms with Crippen LogP contribution in [0.25, 0.3) is 0 Å². The number of nitrogens with zero attached hydrogens (tertiary/aromatic N) is 2. The van der Waals surface area contributed by atoms with Gasteiger partial charge in [-0.25, -0.2) is 4.98 Å². The average Bonchev–Trinajstić information content (AvgIpc) is 3.00. The van der Waals surface area contributed by atoms with E-state index in [-0.39, 0.29) is 5.54 Å². The third kappa shape index (κ3) is 2.37. The zero-order chi connectivity index (χ0) is 10.9. The molecule has 1 N–H and O–H groups in total. The first kappa shape index (κ1) is 10.2. The second-order valence-corrected chi connectivity index (χ2v) is 4.54. The highest BCUT2D eigenvalue weighted by molar-refractivity contribution is 5.32. The summed E-state index contributed by atoms with van der Waals surface area (Å²) in [5, 5.41) is 3.35. The third-order valence-corrected chi connectivity index (χ3v) is 2.87. The van der Waals surface area contributed by atoms with Crippen molar-refractivity contribution in [3.63, 3.8) is 0 Å². The summed E-state index contributed by atoms with van der Waals surface area (Å²) in [4.78, 5) is 8.42. The van der Waals surface area contributed by atoms with Gasteiger partial charge < -0.3 is 10.1 Å². The van der Waals surface area contributed by atoms with E-state index in [1.165, 1.54) is 12.8 Å². The topological polar surface area (TPSA) is 47.0 Å². The lowest BCUT2D eigenvalue weighted by Crippen LogP contribution is -2.34. The predicted octanol–water partition coefficient (Wildman–Crippen LogP) is 2.09. The first-order chi connectivity index (χ1) is 7.12. The van der Waals surface area contributed by atoms with Crippen LogP contribution in [0.3, 0.4) is 0 Å². The van der Waals surface area contributed by atoms with Crippen molar-refractivity contribution in [2.45, 2.75) is 32.2 Å². The molecule has 15 heavy (non-hydrogen) atoms. The molecule has 4 heteroatoms. The van der Waals surface area contributed by atoms with Crippen LogP contribution < -0.4 is 10.1 Å². The van der Waals surface area contributed by atoms with E-state index in [9.17, 15) is 0 Å². The van der Waals surface area contributed by atoms with Crippen LogP contribution in [0.15, 0.2) is 12.3 Å². The minimum atomic E-state index is 0.0758. The largest absolute Gasteiger partial charge is 0.481 e. The van der Waals surface area contributed by atoms with Gasteiger partial charge in [-0.15, -0.1) is 0 Å². The van der Waals surface area contributed by atoms with Gasteiger partial charge in [0.25, 0.3) is 0 Å². The molecule has 4 nitrogen and oxygen atoms in total. The van der Waals surface area contributed by atoms with Gasteiger partial charge in [0.05, 0.1) is 7.11 Å². The molecule has 1 aliphatic rings. The second-order valence-electron chi connectivity index (χ2n) is 4.54. The van der Waals surface area contributed by atoms with Crippen molar-refractivity contribution in [1.82, 2.24) is 9.97 Å². The number of hydrogen-bond donors (Lipinski definition) is 1. The Labute approximate surface area is 90.1 Å². The average molecular weight is 207 g/mol. The first-order valence-electron chi connectivity index (χ1n) is 5.27. The maximum absolute atomic E-state index is 5.05. The van der Waals surface area contributed by atoms with E-state index in [2.05, 4.69) is 29.1 Å². The number of rotatable bonds is 4. The number of ether oxygens (including phenoxy) is 1. The van der Waals surface area contributed by atoms with E-state index < -0.39 is 0 Å². The summed E-state index contributed by atoms with van der Waals surface area (Å²) in [5.74, 6) is 1.98. The van der Waals surface area contributed by atoms with E-state index in [0.29, 0.717) is 11.8 Å². The molecule has 0 unspecified atom stereocenters. The Kier molecular flexibility index (Phi) is 2.50. The van der Waals surface area contributed by atoms with Crippen molar-refractivity contribution in [2.75, 3.05) is 12.4 Å². The molecule has 0 saturated heterocycles. The highest BCUT2D eigenvalue weighted by atomic mass is 16.5. The van der Waals surface area contributed by atoms with Gasteiger partial charge in [-0.2, -0.15) is 4.98 Å². The van der Waals surface area contributed by atoms with Crippen molar-refractivity contribution < 1.29 is 4.74 Å². The first-order valence-corrected chi connectivity index (χ1v) is 5.27. The molecular formula is C11H17N3O. The van der Waals surface area contributed by atoms with E-state index in [1.54, 1.807) is 19.4 Å². The van der Waals surface area contributed by atoms with Crippen LogP contribution >= 0.6 is 0 Å². The normalized spacial score (nSPS) is 16.2. The van der Waals surface area contributed by atoms with Crippen molar-refractivity contribution in [3.8, 4) is 5.88 Å². The molecule has 0 amide bonds. The van der Waals surface area contributed by atoms with Gasteiger partial charge in [0.2, 0.25) is 11.8 Å². The molecule has 82 valence electrons. The van der Waals surface area contributed by atoms with E-state index in [0.717, 1.165) is 5.92 Å². The monoisotopic (exact) mass is 207 g/mol.